The van der Waals surface area contributed by atoms with Crippen LogP contribution in [-0.4, -0.2) is 21.5 Å². The predicted octanol–water partition coefficient (Wildman–Crippen LogP) is 4.23. The van der Waals surface area contributed by atoms with Crippen LogP contribution < -0.4 is 5.32 Å². The van der Waals surface area contributed by atoms with Gasteiger partial charge in [0, 0.05) is 24.7 Å². The summed E-state index contributed by atoms with van der Waals surface area (Å²) in [5.74, 6) is 1.97. The molecule has 0 aliphatic rings. The third-order valence-electron chi connectivity index (χ3n) is 2.50. The van der Waals surface area contributed by atoms with Crippen molar-refractivity contribution in [2.75, 3.05) is 11.9 Å². The second-order valence-electron chi connectivity index (χ2n) is 4.55. The Hall–Kier alpha value is -1.33. The van der Waals surface area contributed by atoms with Crippen molar-refractivity contribution in [3.63, 3.8) is 0 Å². The lowest BCUT2D eigenvalue weighted by Crippen LogP contribution is -2.05. The number of nitrogens with one attached hydrogen (secondary N) is 1. The van der Waals surface area contributed by atoms with Gasteiger partial charge in [-0.05, 0) is 30.8 Å². The van der Waals surface area contributed by atoms with Crippen LogP contribution in [0.15, 0.2) is 34.4 Å². The van der Waals surface area contributed by atoms with Gasteiger partial charge in [0.2, 0.25) is 0 Å². The summed E-state index contributed by atoms with van der Waals surface area (Å²) in [7, 11) is 0. The van der Waals surface area contributed by atoms with E-state index in [4.69, 9.17) is 11.6 Å². The van der Waals surface area contributed by atoms with E-state index in [1.54, 1.807) is 6.20 Å². The average Bonchev–Trinajstić information content (AvgIpc) is 2.41. The molecule has 0 saturated carbocycles. The van der Waals surface area contributed by atoms with E-state index in [-0.39, 0.29) is 5.92 Å². The molecule has 0 spiro atoms. The van der Waals surface area contributed by atoms with E-state index >= 15 is 0 Å². The van der Waals surface area contributed by atoms with Crippen LogP contribution in [0.25, 0.3) is 0 Å². The van der Waals surface area contributed by atoms with E-state index in [1.165, 1.54) is 11.8 Å². The summed E-state index contributed by atoms with van der Waals surface area (Å²) >= 11 is 7.35. The molecule has 0 bridgehead atoms. The summed E-state index contributed by atoms with van der Waals surface area (Å²) < 4.78 is 0. The molecule has 2 rings (SSSR count). The Morgan fingerprint density at radius 1 is 1.25 bits per heavy atom. The number of pyridine rings is 1. The Balaban J connectivity index is 2.27. The van der Waals surface area contributed by atoms with E-state index in [0.29, 0.717) is 5.02 Å². The first kappa shape index (κ1) is 15.1. The summed E-state index contributed by atoms with van der Waals surface area (Å²) in [6.45, 7) is 7.04. The van der Waals surface area contributed by atoms with Crippen molar-refractivity contribution < 1.29 is 0 Å². The van der Waals surface area contributed by atoms with Gasteiger partial charge in [0.05, 0.1) is 5.02 Å². The maximum atomic E-state index is 5.84. The molecular weight excluding hydrogens is 292 g/mol. The number of nitrogens with zero attached hydrogens (tertiary/aromatic N) is 3. The number of hydrogen-bond donors (Lipinski definition) is 1. The van der Waals surface area contributed by atoms with Crippen molar-refractivity contribution in [2.24, 2.45) is 0 Å². The second-order valence-corrected chi connectivity index (χ2v) is 6.03. The Kier molecular flexibility index (Phi) is 5.20. The van der Waals surface area contributed by atoms with Crippen molar-refractivity contribution in [3.8, 4) is 0 Å². The van der Waals surface area contributed by atoms with Gasteiger partial charge in [-0.3, -0.25) is 0 Å². The first-order valence-electron chi connectivity index (χ1n) is 6.50. The van der Waals surface area contributed by atoms with Crippen LogP contribution in [0.5, 0.6) is 0 Å². The fourth-order valence-electron chi connectivity index (χ4n) is 1.55. The van der Waals surface area contributed by atoms with E-state index in [9.17, 15) is 0 Å². The smallest absolute Gasteiger partial charge is 0.134 e. The molecule has 2 heterocycles. The highest BCUT2D eigenvalue weighted by molar-refractivity contribution is 7.99. The average molecular weight is 309 g/mol. The van der Waals surface area contributed by atoms with Crippen molar-refractivity contribution in [1.82, 2.24) is 15.0 Å². The molecule has 0 aliphatic heterocycles. The van der Waals surface area contributed by atoms with Crippen LogP contribution in [0.4, 0.5) is 5.82 Å². The molecular formula is C14H17ClN4S. The number of aromatic nitrogens is 3. The van der Waals surface area contributed by atoms with Crippen LogP contribution in [0.2, 0.25) is 5.02 Å². The first-order valence-corrected chi connectivity index (χ1v) is 7.70. The van der Waals surface area contributed by atoms with Gasteiger partial charge in [-0.1, -0.05) is 25.4 Å². The van der Waals surface area contributed by atoms with Gasteiger partial charge >= 0.3 is 0 Å². The fraction of sp³-hybridized carbons (Fsp3) is 0.357. The Bertz CT molecular complexity index is 572. The summed E-state index contributed by atoms with van der Waals surface area (Å²) in [4.78, 5) is 13.3. The SMILES string of the molecule is CCNc1cc(Sc2ccc(Cl)cn2)nc(C(C)C)n1. The van der Waals surface area contributed by atoms with E-state index in [1.807, 2.05) is 25.1 Å². The van der Waals surface area contributed by atoms with Crippen LogP contribution in [0, 0.1) is 0 Å². The van der Waals surface area contributed by atoms with Gasteiger partial charge in [-0.25, -0.2) is 15.0 Å². The van der Waals surface area contributed by atoms with E-state index in [2.05, 4.69) is 34.1 Å². The first-order chi connectivity index (χ1) is 9.58. The van der Waals surface area contributed by atoms with Crippen LogP contribution in [0.1, 0.15) is 32.5 Å². The lowest BCUT2D eigenvalue weighted by Gasteiger charge is -2.10. The zero-order chi connectivity index (χ0) is 14.5. The topological polar surface area (TPSA) is 50.7 Å². The largest absolute Gasteiger partial charge is 0.370 e. The monoisotopic (exact) mass is 308 g/mol. The lowest BCUT2D eigenvalue weighted by molar-refractivity contribution is 0.754. The molecule has 0 aromatic carbocycles. The highest BCUT2D eigenvalue weighted by Gasteiger charge is 2.09. The normalized spacial score (nSPS) is 10.8. The standard InChI is InChI=1S/C14H17ClN4S/c1-4-16-11-7-13(19-14(18-11)9(2)3)20-12-6-5-10(15)8-17-12/h5-9H,4H2,1-3H3,(H,16,18,19). The molecule has 1 N–H and O–H groups in total. The summed E-state index contributed by atoms with van der Waals surface area (Å²) in [5, 5.41) is 5.61. The highest BCUT2D eigenvalue weighted by atomic mass is 35.5. The Morgan fingerprint density at radius 2 is 2.05 bits per heavy atom. The van der Waals surface area contributed by atoms with Gasteiger partial charge in [0.15, 0.2) is 0 Å². The molecule has 4 nitrogen and oxygen atoms in total. The highest BCUT2D eigenvalue weighted by Crippen LogP contribution is 2.27. The van der Waals surface area contributed by atoms with Gasteiger partial charge in [0.25, 0.3) is 0 Å². The van der Waals surface area contributed by atoms with Crippen molar-refractivity contribution in [2.45, 2.75) is 36.7 Å². The van der Waals surface area contributed by atoms with Gasteiger partial charge in [0.1, 0.15) is 21.7 Å². The van der Waals surface area contributed by atoms with E-state index < -0.39 is 0 Å². The minimum atomic E-state index is 0.283. The number of anilines is 1. The maximum absolute atomic E-state index is 5.84. The third-order valence-corrected chi connectivity index (χ3v) is 3.60. The summed E-state index contributed by atoms with van der Waals surface area (Å²) in [5.41, 5.74) is 0. The predicted molar refractivity (Wildman–Crippen MR) is 83.7 cm³/mol. The molecule has 0 unspecified atom stereocenters. The van der Waals surface area contributed by atoms with E-state index in [0.717, 1.165) is 28.2 Å². The lowest BCUT2D eigenvalue weighted by atomic mass is 10.2. The van der Waals surface area contributed by atoms with Crippen LogP contribution >= 0.6 is 23.4 Å². The minimum Gasteiger partial charge on any atom is -0.370 e. The number of halogens is 1. The van der Waals surface area contributed by atoms with Crippen molar-refractivity contribution in [3.05, 3.63) is 35.2 Å². The molecule has 2 aromatic rings. The van der Waals surface area contributed by atoms with Crippen molar-refractivity contribution in [1.29, 1.82) is 0 Å². The Morgan fingerprint density at radius 3 is 2.65 bits per heavy atom. The molecule has 6 heteroatoms. The molecule has 0 amide bonds. The second kappa shape index (κ2) is 6.90. The summed E-state index contributed by atoms with van der Waals surface area (Å²) in [6, 6.07) is 5.65. The molecule has 0 saturated heterocycles. The molecule has 0 radical (unpaired) electrons. The fourth-order valence-corrected chi connectivity index (χ4v) is 2.43. The van der Waals surface area contributed by atoms with Gasteiger partial charge < -0.3 is 5.32 Å². The van der Waals surface area contributed by atoms with Crippen LogP contribution in [-0.2, 0) is 0 Å². The molecule has 0 fully saturated rings. The quantitative estimate of drug-likeness (QED) is 0.838. The summed E-state index contributed by atoms with van der Waals surface area (Å²) in [6.07, 6.45) is 1.64. The molecule has 0 aliphatic carbocycles. The molecule has 20 heavy (non-hydrogen) atoms. The van der Waals surface area contributed by atoms with Crippen molar-refractivity contribution >= 4 is 29.2 Å². The number of rotatable bonds is 5. The zero-order valence-corrected chi connectivity index (χ0v) is 13.3. The minimum absolute atomic E-state index is 0.283. The zero-order valence-electron chi connectivity index (χ0n) is 11.7. The molecule has 0 atom stereocenters. The molecule has 106 valence electrons. The van der Waals surface area contributed by atoms with Gasteiger partial charge in [-0.2, -0.15) is 0 Å². The number of hydrogen-bond acceptors (Lipinski definition) is 5. The van der Waals surface area contributed by atoms with Gasteiger partial charge in [-0.15, -0.1) is 0 Å². The Labute approximate surface area is 128 Å². The molecule has 2 aromatic heterocycles. The third kappa shape index (κ3) is 4.08. The van der Waals surface area contributed by atoms with Crippen LogP contribution in [0.3, 0.4) is 0 Å². The maximum Gasteiger partial charge on any atom is 0.134 e.